The number of piperidine rings is 1. The molecule has 0 spiro atoms. The van der Waals surface area contributed by atoms with Crippen molar-refractivity contribution in [2.45, 2.75) is 39.2 Å². The van der Waals surface area contributed by atoms with Crippen molar-refractivity contribution in [3.63, 3.8) is 0 Å². The number of likely N-dealkylation sites (tertiary alicyclic amines) is 1. The standard InChI is InChI=1S/C25H30N4O2/c1-19-7-5-11-22(17-19)24-27-23(31-28-24)18-29-15-12-21(13-16-29)25(30)26-14-6-10-20-8-3-2-4-9-20/h2-5,7-9,11,17,21H,6,10,12-16,18H2,1H3,(H,26,30). The number of rotatable bonds is 8. The van der Waals surface area contributed by atoms with E-state index in [-0.39, 0.29) is 11.8 Å². The number of amides is 1. The van der Waals surface area contributed by atoms with Crippen molar-refractivity contribution >= 4 is 5.91 Å². The number of carbonyl (C=O) groups is 1. The summed E-state index contributed by atoms with van der Waals surface area (Å²) in [5.41, 5.74) is 3.46. The largest absolute Gasteiger partial charge is 0.356 e. The molecule has 1 saturated heterocycles. The van der Waals surface area contributed by atoms with Gasteiger partial charge in [-0.1, -0.05) is 59.3 Å². The first-order valence-electron chi connectivity index (χ1n) is 11.1. The van der Waals surface area contributed by atoms with Crippen molar-refractivity contribution < 1.29 is 9.32 Å². The molecule has 0 saturated carbocycles. The van der Waals surface area contributed by atoms with Gasteiger partial charge in [0.1, 0.15) is 0 Å². The topological polar surface area (TPSA) is 71.3 Å². The van der Waals surface area contributed by atoms with Crippen molar-refractivity contribution in [3.05, 3.63) is 71.6 Å². The van der Waals surface area contributed by atoms with Crippen molar-refractivity contribution in [2.24, 2.45) is 5.92 Å². The van der Waals surface area contributed by atoms with Crippen molar-refractivity contribution in [2.75, 3.05) is 19.6 Å². The second-order valence-electron chi connectivity index (χ2n) is 8.31. The molecule has 2 aromatic carbocycles. The molecule has 1 aromatic heterocycles. The van der Waals surface area contributed by atoms with E-state index in [2.05, 4.69) is 50.7 Å². The van der Waals surface area contributed by atoms with Gasteiger partial charge < -0.3 is 9.84 Å². The van der Waals surface area contributed by atoms with E-state index in [9.17, 15) is 4.79 Å². The van der Waals surface area contributed by atoms with Gasteiger partial charge in [0.2, 0.25) is 17.6 Å². The van der Waals surface area contributed by atoms with Crippen LogP contribution in [0.1, 0.15) is 36.3 Å². The monoisotopic (exact) mass is 418 g/mol. The molecule has 162 valence electrons. The maximum absolute atomic E-state index is 12.5. The summed E-state index contributed by atoms with van der Waals surface area (Å²) in [5, 5.41) is 7.24. The van der Waals surface area contributed by atoms with Gasteiger partial charge in [0.15, 0.2) is 0 Å². The molecule has 1 N–H and O–H groups in total. The molecule has 0 aliphatic carbocycles. The fourth-order valence-corrected chi connectivity index (χ4v) is 4.06. The minimum absolute atomic E-state index is 0.0958. The third-order valence-corrected chi connectivity index (χ3v) is 5.85. The Labute approximate surface area is 183 Å². The number of hydrogen-bond donors (Lipinski definition) is 1. The molecule has 0 unspecified atom stereocenters. The molecule has 3 aromatic rings. The number of nitrogens with one attached hydrogen (secondary N) is 1. The lowest BCUT2D eigenvalue weighted by molar-refractivity contribution is -0.126. The number of hydrogen-bond acceptors (Lipinski definition) is 5. The maximum atomic E-state index is 12.5. The highest BCUT2D eigenvalue weighted by Crippen LogP contribution is 2.21. The normalized spacial score (nSPS) is 15.1. The predicted octanol–water partition coefficient (Wildman–Crippen LogP) is 4.01. The Balaban J connectivity index is 1.18. The Hall–Kier alpha value is -2.99. The van der Waals surface area contributed by atoms with E-state index in [0.717, 1.165) is 50.9 Å². The Morgan fingerprint density at radius 1 is 1.13 bits per heavy atom. The van der Waals surface area contributed by atoms with Crippen LogP contribution in [0.4, 0.5) is 0 Å². The lowest BCUT2D eigenvalue weighted by atomic mass is 9.96. The fourth-order valence-electron chi connectivity index (χ4n) is 4.06. The van der Waals surface area contributed by atoms with Crippen LogP contribution in [0.5, 0.6) is 0 Å². The zero-order valence-electron chi connectivity index (χ0n) is 18.1. The zero-order valence-corrected chi connectivity index (χ0v) is 18.1. The molecule has 1 fully saturated rings. The van der Waals surface area contributed by atoms with Crippen molar-refractivity contribution in [3.8, 4) is 11.4 Å². The molecule has 1 aliphatic rings. The Bertz CT molecular complexity index is 978. The summed E-state index contributed by atoms with van der Waals surface area (Å²) in [4.78, 5) is 19.3. The van der Waals surface area contributed by atoms with Gasteiger partial charge >= 0.3 is 0 Å². The molecule has 2 heterocycles. The van der Waals surface area contributed by atoms with Gasteiger partial charge in [-0.05, 0) is 57.3 Å². The minimum Gasteiger partial charge on any atom is -0.356 e. The van der Waals surface area contributed by atoms with Crippen LogP contribution >= 0.6 is 0 Å². The number of aromatic nitrogens is 2. The van der Waals surface area contributed by atoms with Crippen LogP contribution in [0.3, 0.4) is 0 Å². The van der Waals surface area contributed by atoms with Gasteiger partial charge in [-0.2, -0.15) is 4.98 Å². The highest BCUT2D eigenvalue weighted by Gasteiger charge is 2.25. The van der Waals surface area contributed by atoms with Gasteiger partial charge in [-0.15, -0.1) is 0 Å². The first kappa shape index (κ1) is 21.2. The molecule has 4 rings (SSSR count). The minimum atomic E-state index is 0.0958. The van der Waals surface area contributed by atoms with E-state index in [1.807, 2.05) is 31.2 Å². The maximum Gasteiger partial charge on any atom is 0.241 e. The third-order valence-electron chi connectivity index (χ3n) is 5.85. The van der Waals surface area contributed by atoms with Crippen LogP contribution < -0.4 is 5.32 Å². The lowest BCUT2D eigenvalue weighted by Crippen LogP contribution is -2.40. The predicted molar refractivity (Wildman–Crippen MR) is 120 cm³/mol. The average Bonchev–Trinajstić information content (AvgIpc) is 3.26. The Kier molecular flexibility index (Phi) is 7.10. The summed E-state index contributed by atoms with van der Waals surface area (Å²) >= 11 is 0. The molecule has 1 amide bonds. The zero-order chi connectivity index (χ0) is 21.5. The van der Waals surface area contributed by atoms with E-state index < -0.39 is 0 Å². The van der Waals surface area contributed by atoms with Crippen LogP contribution in [-0.2, 0) is 17.8 Å². The SMILES string of the molecule is Cc1cccc(-c2noc(CN3CCC(C(=O)NCCCc4ccccc4)CC3)n2)c1. The summed E-state index contributed by atoms with van der Waals surface area (Å²) in [5.74, 6) is 1.54. The second-order valence-corrected chi connectivity index (χ2v) is 8.31. The highest BCUT2D eigenvalue weighted by molar-refractivity contribution is 5.78. The average molecular weight is 419 g/mol. The second kappa shape index (κ2) is 10.4. The molecular weight excluding hydrogens is 388 g/mol. The lowest BCUT2D eigenvalue weighted by Gasteiger charge is -2.30. The molecular formula is C25H30N4O2. The van der Waals surface area contributed by atoms with Crippen LogP contribution in [0, 0.1) is 12.8 Å². The Morgan fingerprint density at radius 3 is 2.71 bits per heavy atom. The molecule has 31 heavy (non-hydrogen) atoms. The van der Waals surface area contributed by atoms with Gasteiger partial charge in [0.25, 0.3) is 0 Å². The van der Waals surface area contributed by atoms with Gasteiger partial charge in [0.05, 0.1) is 6.54 Å². The summed E-state index contributed by atoms with van der Waals surface area (Å²) in [6.45, 7) is 5.14. The van der Waals surface area contributed by atoms with Crippen LogP contribution in [-0.4, -0.2) is 40.6 Å². The number of nitrogens with zero attached hydrogens (tertiary/aromatic N) is 3. The summed E-state index contributed by atoms with van der Waals surface area (Å²) in [7, 11) is 0. The molecule has 6 heteroatoms. The van der Waals surface area contributed by atoms with Crippen LogP contribution in [0.2, 0.25) is 0 Å². The van der Waals surface area contributed by atoms with Crippen molar-refractivity contribution in [1.29, 1.82) is 0 Å². The highest BCUT2D eigenvalue weighted by atomic mass is 16.5. The molecule has 6 nitrogen and oxygen atoms in total. The van der Waals surface area contributed by atoms with Crippen molar-refractivity contribution in [1.82, 2.24) is 20.4 Å². The Morgan fingerprint density at radius 2 is 1.94 bits per heavy atom. The van der Waals surface area contributed by atoms with E-state index >= 15 is 0 Å². The molecule has 0 bridgehead atoms. The van der Waals surface area contributed by atoms with Gasteiger partial charge in [0, 0.05) is 18.0 Å². The number of aryl methyl sites for hydroxylation is 2. The summed E-state index contributed by atoms with van der Waals surface area (Å²) in [6.07, 6.45) is 3.69. The smallest absolute Gasteiger partial charge is 0.241 e. The first-order valence-corrected chi connectivity index (χ1v) is 11.1. The number of benzene rings is 2. The van der Waals surface area contributed by atoms with E-state index in [4.69, 9.17) is 4.52 Å². The van der Waals surface area contributed by atoms with E-state index in [1.54, 1.807) is 0 Å². The summed E-state index contributed by atoms with van der Waals surface area (Å²) in [6, 6.07) is 18.5. The first-order chi connectivity index (χ1) is 15.2. The van der Waals surface area contributed by atoms with Gasteiger partial charge in [-0.3, -0.25) is 9.69 Å². The molecule has 0 atom stereocenters. The molecule has 1 aliphatic heterocycles. The quantitative estimate of drug-likeness (QED) is 0.560. The van der Waals surface area contributed by atoms with Crippen LogP contribution in [0.25, 0.3) is 11.4 Å². The molecule has 0 radical (unpaired) electrons. The third kappa shape index (κ3) is 6.01. The van der Waals surface area contributed by atoms with Crippen LogP contribution in [0.15, 0.2) is 59.1 Å². The van der Waals surface area contributed by atoms with Gasteiger partial charge in [-0.25, -0.2) is 0 Å². The fraction of sp³-hybridized carbons (Fsp3) is 0.400. The van der Waals surface area contributed by atoms with E-state index in [1.165, 1.54) is 11.1 Å². The van der Waals surface area contributed by atoms with E-state index in [0.29, 0.717) is 18.3 Å². The number of carbonyl (C=O) groups excluding carboxylic acids is 1. The summed E-state index contributed by atoms with van der Waals surface area (Å²) < 4.78 is 5.46.